The van der Waals surface area contributed by atoms with Crippen LogP contribution in [-0.2, 0) is 4.79 Å². The molecule has 0 radical (unpaired) electrons. The van der Waals surface area contributed by atoms with Gasteiger partial charge in [-0.3, -0.25) is 0 Å². The molecule has 0 aromatic rings. The minimum Gasteiger partial charge on any atom is -0.478 e. The second-order valence-electron chi connectivity index (χ2n) is 5.08. The van der Waals surface area contributed by atoms with E-state index in [0.717, 1.165) is 12.5 Å². The molecule has 0 bridgehead atoms. The van der Waals surface area contributed by atoms with E-state index in [1.54, 1.807) is 6.08 Å². The fraction of sp³-hybridized carbons (Fsp3) is 0.611. The van der Waals surface area contributed by atoms with Crippen LogP contribution in [-0.4, -0.2) is 11.1 Å². The molecular formula is C18H30O2. The van der Waals surface area contributed by atoms with E-state index in [1.807, 2.05) is 12.2 Å². The van der Waals surface area contributed by atoms with Crippen LogP contribution in [0.3, 0.4) is 0 Å². The molecule has 0 fully saturated rings. The number of carboxylic acids is 1. The van der Waals surface area contributed by atoms with Crippen LogP contribution in [0, 0.1) is 0 Å². The van der Waals surface area contributed by atoms with E-state index >= 15 is 0 Å². The quantitative estimate of drug-likeness (QED) is 0.204. The van der Waals surface area contributed by atoms with Crippen LogP contribution in [0.4, 0.5) is 0 Å². The Kier molecular flexibility index (Phi) is 14.7. The average molecular weight is 278 g/mol. The van der Waals surface area contributed by atoms with Crippen molar-refractivity contribution in [2.45, 2.75) is 71.1 Å². The maximum absolute atomic E-state index is 10.2. The summed E-state index contributed by atoms with van der Waals surface area (Å²) in [4.78, 5) is 10.2. The van der Waals surface area contributed by atoms with Gasteiger partial charge in [0.05, 0.1) is 0 Å². The van der Waals surface area contributed by atoms with Gasteiger partial charge in [-0.25, -0.2) is 4.79 Å². The smallest absolute Gasteiger partial charge is 0.328 e. The molecule has 20 heavy (non-hydrogen) atoms. The number of allylic oxidation sites excluding steroid dienone is 5. The van der Waals surface area contributed by atoms with Crippen LogP contribution in [0.5, 0.6) is 0 Å². The number of unbranched alkanes of at least 4 members (excludes halogenated alkanes) is 8. The van der Waals surface area contributed by atoms with Crippen molar-refractivity contribution < 1.29 is 9.90 Å². The van der Waals surface area contributed by atoms with E-state index in [-0.39, 0.29) is 0 Å². The van der Waals surface area contributed by atoms with E-state index in [1.165, 1.54) is 57.8 Å². The molecule has 0 aromatic heterocycles. The molecule has 0 spiro atoms. The number of hydrogen-bond acceptors (Lipinski definition) is 1. The molecule has 0 aliphatic carbocycles. The third-order valence-corrected chi connectivity index (χ3v) is 3.12. The van der Waals surface area contributed by atoms with Crippen LogP contribution in [0.2, 0.25) is 0 Å². The summed E-state index contributed by atoms with van der Waals surface area (Å²) in [6.07, 6.45) is 23.7. The summed E-state index contributed by atoms with van der Waals surface area (Å²) in [7, 11) is 0. The highest BCUT2D eigenvalue weighted by Gasteiger charge is 1.87. The fourth-order valence-corrected chi connectivity index (χ4v) is 1.94. The van der Waals surface area contributed by atoms with E-state index in [4.69, 9.17) is 5.11 Å². The van der Waals surface area contributed by atoms with Crippen LogP contribution >= 0.6 is 0 Å². The lowest BCUT2D eigenvalue weighted by atomic mass is 10.1. The molecule has 1 N–H and O–H groups in total. The van der Waals surface area contributed by atoms with Crippen LogP contribution < -0.4 is 0 Å². The lowest BCUT2D eigenvalue weighted by Gasteiger charge is -1.96. The molecule has 2 heteroatoms. The third kappa shape index (κ3) is 16.7. The van der Waals surface area contributed by atoms with Crippen molar-refractivity contribution in [1.29, 1.82) is 0 Å². The standard InChI is InChI=1S/C18H30O2/c1-2-3-4-5-6-7-8-9-10-11-12-13-14-15-16-17-18(19)20/h7-8,14-17H,2-6,9-13H2,1H3,(H,19,20). The minimum atomic E-state index is -0.892. The lowest BCUT2D eigenvalue weighted by molar-refractivity contribution is -0.131. The first-order valence-corrected chi connectivity index (χ1v) is 7.98. The second kappa shape index (κ2) is 15.7. The van der Waals surface area contributed by atoms with Gasteiger partial charge in [-0.2, -0.15) is 0 Å². The zero-order chi connectivity index (χ0) is 14.9. The van der Waals surface area contributed by atoms with E-state index < -0.39 is 5.97 Å². The molecule has 0 unspecified atom stereocenters. The zero-order valence-corrected chi connectivity index (χ0v) is 12.9. The number of carboxylic acid groups (broad SMARTS) is 1. The van der Waals surface area contributed by atoms with Gasteiger partial charge in [0.25, 0.3) is 0 Å². The van der Waals surface area contributed by atoms with Gasteiger partial charge in [-0.1, -0.05) is 63.0 Å². The summed E-state index contributed by atoms with van der Waals surface area (Å²) in [5, 5.41) is 8.39. The normalized spacial score (nSPS) is 12.1. The summed E-state index contributed by atoms with van der Waals surface area (Å²) in [5.41, 5.74) is 0. The Hall–Kier alpha value is -1.31. The van der Waals surface area contributed by atoms with Gasteiger partial charge >= 0.3 is 5.97 Å². The number of hydrogen-bond donors (Lipinski definition) is 1. The summed E-state index contributed by atoms with van der Waals surface area (Å²) in [5.74, 6) is -0.892. The van der Waals surface area contributed by atoms with Gasteiger partial charge in [0.2, 0.25) is 0 Å². The van der Waals surface area contributed by atoms with Crippen molar-refractivity contribution in [3.05, 3.63) is 36.5 Å². The zero-order valence-electron chi connectivity index (χ0n) is 12.9. The molecule has 0 aromatic carbocycles. The Morgan fingerprint density at radius 2 is 1.35 bits per heavy atom. The van der Waals surface area contributed by atoms with Crippen molar-refractivity contribution >= 4 is 5.97 Å². The highest BCUT2D eigenvalue weighted by atomic mass is 16.4. The Bertz CT molecular complexity index is 301. The fourth-order valence-electron chi connectivity index (χ4n) is 1.94. The molecule has 0 saturated carbocycles. The predicted molar refractivity (Wildman–Crippen MR) is 86.9 cm³/mol. The summed E-state index contributed by atoms with van der Waals surface area (Å²) < 4.78 is 0. The van der Waals surface area contributed by atoms with Crippen LogP contribution in [0.1, 0.15) is 71.1 Å². The van der Waals surface area contributed by atoms with Gasteiger partial charge < -0.3 is 5.11 Å². The van der Waals surface area contributed by atoms with Crippen LogP contribution in [0.25, 0.3) is 0 Å². The molecule has 114 valence electrons. The maximum atomic E-state index is 10.2. The third-order valence-electron chi connectivity index (χ3n) is 3.12. The van der Waals surface area contributed by atoms with Crippen molar-refractivity contribution in [3.63, 3.8) is 0 Å². The Labute approximate surface area is 124 Å². The molecule has 0 atom stereocenters. The molecule has 0 amide bonds. The van der Waals surface area contributed by atoms with Gasteiger partial charge in [0, 0.05) is 6.08 Å². The molecule has 0 aliphatic rings. The van der Waals surface area contributed by atoms with Crippen LogP contribution in [0.15, 0.2) is 36.5 Å². The van der Waals surface area contributed by atoms with Crippen molar-refractivity contribution in [1.82, 2.24) is 0 Å². The first-order valence-electron chi connectivity index (χ1n) is 7.98. The van der Waals surface area contributed by atoms with Gasteiger partial charge in [-0.05, 0) is 38.5 Å². The van der Waals surface area contributed by atoms with Gasteiger partial charge in [0.1, 0.15) is 0 Å². The van der Waals surface area contributed by atoms with E-state index in [2.05, 4.69) is 19.1 Å². The lowest BCUT2D eigenvalue weighted by Crippen LogP contribution is -1.84. The summed E-state index contributed by atoms with van der Waals surface area (Å²) >= 11 is 0. The van der Waals surface area contributed by atoms with Gasteiger partial charge in [-0.15, -0.1) is 0 Å². The Morgan fingerprint density at radius 3 is 1.90 bits per heavy atom. The molecule has 0 heterocycles. The second-order valence-corrected chi connectivity index (χ2v) is 5.08. The van der Waals surface area contributed by atoms with E-state index in [0.29, 0.717) is 0 Å². The molecule has 2 nitrogen and oxygen atoms in total. The summed E-state index contributed by atoms with van der Waals surface area (Å²) in [6.45, 7) is 2.24. The Morgan fingerprint density at radius 1 is 0.800 bits per heavy atom. The van der Waals surface area contributed by atoms with Crippen molar-refractivity contribution in [3.8, 4) is 0 Å². The van der Waals surface area contributed by atoms with E-state index in [9.17, 15) is 4.79 Å². The average Bonchev–Trinajstić information content (AvgIpc) is 2.43. The molecule has 0 rings (SSSR count). The number of carbonyl (C=O) groups is 1. The largest absolute Gasteiger partial charge is 0.478 e. The molecule has 0 saturated heterocycles. The molecule has 0 aliphatic heterocycles. The SMILES string of the molecule is CCCCCCC=CCCCCCC=CC=CC(=O)O. The van der Waals surface area contributed by atoms with Crippen molar-refractivity contribution in [2.75, 3.05) is 0 Å². The Balaban J connectivity index is 3.24. The first-order chi connectivity index (χ1) is 9.77. The van der Waals surface area contributed by atoms with Gasteiger partial charge in [0.15, 0.2) is 0 Å². The number of aliphatic carboxylic acids is 1. The highest BCUT2D eigenvalue weighted by molar-refractivity contribution is 5.80. The minimum absolute atomic E-state index is 0.892. The highest BCUT2D eigenvalue weighted by Crippen LogP contribution is 2.06. The predicted octanol–water partition coefficient (Wildman–Crippen LogP) is 5.66. The number of rotatable bonds is 13. The maximum Gasteiger partial charge on any atom is 0.328 e. The first kappa shape index (κ1) is 18.7. The summed E-state index contributed by atoms with van der Waals surface area (Å²) in [6, 6.07) is 0. The molecular weight excluding hydrogens is 248 g/mol. The van der Waals surface area contributed by atoms with Crippen molar-refractivity contribution in [2.24, 2.45) is 0 Å². The topological polar surface area (TPSA) is 37.3 Å². The monoisotopic (exact) mass is 278 g/mol.